The number of amides is 2. The van der Waals surface area contributed by atoms with E-state index in [1.807, 2.05) is 6.07 Å². The van der Waals surface area contributed by atoms with Crippen molar-refractivity contribution >= 4 is 50.6 Å². The highest BCUT2D eigenvalue weighted by Crippen LogP contribution is 2.38. The molecule has 0 saturated carbocycles. The number of nitrogens with zero attached hydrogens (tertiary/aromatic N) is 1. The van der Waals surface area contributed by atoms with Crippen LogP contribution in [0, 0.1) is 0 Å². The fraction of sp³-hybridized carbons (Fsp3) is 0.0588. The lowest BCUT2D eigenvalue weighted by atomic mass is 10.1. The van der Waals surface area contributed by atoms with E-state index in [-0.39, 0.29) is 10.6 Å². The molecule has 2 aromatic carbocycles. The van der Waals surface area contributed by atoms with Crippen LogP contribution in [0.15, 0.2) is 58.0 Å². The topological polar surface area (TPSA) is 46.6 Å². The second kappa shape index (κ2) is 6.18. The van der Waals surface area contributed by atoms with Gasteiger partial charge in [0.25, 0.3) is 11.8 Å². The van der Waals surface area contributed by atoms with Crippen LogP contribution in [0.1, 0.15) is 5.56 Å². The van der Waals surface area contributed by atoms with Gasteiger partial charge in [-0.25, -0.2) is 4.90 Å². The number of para-hydroxylation sites is 1. The lowest BCUT2D eigenvalue weighted by molar-refractivity contribution is -0.119. The summed E-state index contributed by atoms with van der Waals surface area (Å²) in [6.45, 7) is 0. The molecule has 6 heteroatoms. The van der Waals surface area contributed by atoms with Crippen LogP contribution in [0.2, 0.25) is 0 Å². The molecule has 0 aromatic heterocycles. The van der Waals surface area contributed by atoms with Gasteiger partial charge in [0.05, 0.1) is 18.4 Å². The highest BCUT2D eigenvalue weighted by atomic mass is 79.9. The maximum atomic E-state index is 12.8. The van der Waals surface area contributed by atoms with Crippen molar-refractivity contribution in [1.82, 2.24) is 0 Å². The first-order valence-electron chi connectivity index (χ1n) is 6.72. The van der Waals surface area contributed by atoms with E-state index in [4.69, 9.17) is 16.3 Å². The van der Waals surface area contributed by atoms with Crippen LogP contribution in [0.3, 0.4) is 0 Å². The molecule has 1 aliphatic heterocycles. The molecular weight excluding hydrogens is 382 g/mol. The summed E-state index contributed by atoms with van der Waals surface area (Å²) in [6, 6.07) is 13.9. The Morgan fingerprint density at radius 1 is 1.04 bits per heavy atom. The molecule has 2 aromatic rings. The molecule has 1 aliphatic rings. The molecule has 116 valence electrons. The fourth-order valence-corrected chi connectivity index (χ4v) is 3.09. The van der Waals surface area contributed by atoms with Crippen LogP contribution in [0.5, 0.6) is 5.75 Å². The standard InChI is InChI=1S/C17H11BrClNO3/c1-23-13-8-3-2-7-12(13)14-15(19)17(22)20(16(14)21)11-6-4-5-10(18)9-11/h2-9H,1H3. The van der Waals surface area contributed by atoms with Crippen LogP contribution < -0.4 is 9.64 Å². The fourth-order valence-electron chi connectivity index (χ4n) is 2.44. The normalized spacial score (nSPS) is 14.7. The van der Waals surface area contributed by atoms with E-state index in [1.54, 1.807) is 42.5 Å². The third-order valence-electron chi connectivity index (χ3n) is 3.47. The van der Waals surface area contributed by atoms with Crippen molar-refractivity contribution in [2.45, 2.75) is 0 Å². The molecule has 23 heavy (non-hydrogen) atoms. The Kier molecular flexibility index (Phi) is 4.24. The van der Waals surface area contributed by atoms with Gasteiger partial charge in [-0.2, -0.15) is 0 Å². The molecule has 0 bridgehead atoms. The Morgan fingerprint density at radius 2 is 1.78 bits per heavy atom. The Balaban J connectivity index is 2.10. The Morgan fingerprint density at radius 3 is 2.48 bits per heavy atom. The van der Waals surface area contributed by atoms with Crippen molar-refractivity contribution in [2.75, 3.05) is 12.0 Å². The second-order valence-corrected chi connectivity index (χ2v) is 6.11. The van der Waals surface area contributed by atoms with Gasteiger partial charge >= 0.3 is 0 Å². The first-order valence-corrected chi connectivity index (χ1v) is 7.89. The highest BCUT2D eigenvalue weighted by molar-refractivity contribution is 9.10. The number of hydrogen-bond acceptors (Lipinski definition) is 3. The summed E-state index contributed by atoms with van der Waals surface area (Å²) in [5.74, 6) is -0.531. The van der Waals surface area contributed by atoms with Gasteiger partial charge in [-0.1, -0.05) is 51.8 Å². The Bertz CT molecular complexity index is 847. The van der Waals surface area contributed by atoms with Gasteiger partial charge < -0.3 is 4.74 Å². The molecular formula is C17H11BrClNO3. The minimum Gasteiger partial charge on any atom is -0.496 e. The predicted octanol–water partition coefficient (Wildman–Crippen LogP) is 3.98. The first-order chi connectivity index (χ1) is 11.0. The molecule has 0 unspecified atom stereocenters. The summed E-state index contributed by atoms with van der Waals surface area (Å²) in [5, 5.41) is -0.112. The van der Waals surface area contributed by atoms with E-state index in [9.17, 15) is 9.59 Å². The van der Waals surface area contributed by atoms with E-state index in [0.29, 0.717) is 17.0 Å². The summed E-state index contributed by atoms with van der Waals surface area (Å²) < 4.78 is 6.03. The zero-order chi connectivity index (χ0) is 16.6. The number of benzene rings is 2. The van der Waals surface area contributed by atoms with E-state index in [1.165, 1.54) is 7.11 Å². The van der Waals surface area contributed by atoms with Crippen LogP contribution in [0.25, 0.3) is 5.57 Å². The molecule has 0 spiro atoms. The van der Waals surface area contributed by atoms with Gasteiger partial charge in [-0.3, -0.25) is 9.59 Å². The van der Waals surface area contributed by atoms with Crippen molar-refractivity contribution in [3.63, 3.8) is 0 Å². The average molecular weight is 393 g/mol. The van der Waals surface area contributed by atoms with E-state index in [2.05, 4.69) is 15.9 Å². The van der Waals surface area contributed by atoms with E-state index >= 15 is 0 Å². The van der Waals surface area contributed by atoms with Gasteiger partial charge in [0.2, 0.25) is 0 Å². The summed E-state index contributed by atoms with van der Waals surface area (Å²) in [6.07, 6.45) is 0. The Hall–Kier alpha value is -2.11. The molecule has 0 N–H and O–H groups in total. The molecule has 0 radical (unpaired) electrons. The quantitative estimate of drug-likeness (QED) is 0.742. The molecule has 0 fully saturated rings. The number of methoxy groups -OCH3 is 1. The zero-order valence-electron chi connectivity index (χ0n) is 12.0. The molecule has 3 rings (SSSR count). The molecule has 0 saturated heterocycles. The van der Waals surface area contributed by atoms with Crippen molar-refractivity contribution in [2.24, 2.45) is 0 Å². The molecule has 1 heterocycles. The largest absolute Gasteiger partial charge is 0.496 e. The molecule has 0 atom stereocenters. The van der Waals surface area contributed by atoms with Crippen LogP contribution in [-0.4, -0.2) is 18.9 Å². The highest BCUT2D eigenvalue weighted by Gasteiger charge is 2.40. The summed E-state index contributed by atoms with van der Waals surface area (Å²) in [5.41, 5.74) is 1.10. The van der Waals surface area contributed by atoms with Crippen LogP contribution >= 0.6 is 27.5 Å². The van der Waals surface area contributed by atoms with Gasteiger partial charge in [-0.15, -0.1) is 0 Å². The number of anilines is 1. The number of carbonyl (C=O) groups excluding carboxylic acids is 2. The first kappa shape index (κ1) is 15.8. The minimum atomic E-state index is -0.546. The molecule has 4 nitrogen and oxygen atoms in total. The second-order valence-electron chi connectivity index (χ2n) is 4.81. The van der Waals surface area contributed by atoms with Crippen molar-refractivity contribution in [3.8, 4) is 5.75 Å². The monoisotopic (exact) mass is 391 g/mol. The van der Waals surface area contributed by atoms with Gasteiger partial charge in [-0.05, 0) is 24.3 Å². The number of rotatable bonds is 3. The third kappa shape index (κ3) is 2.66. The van der Waals surface area contributed by atoms with Crippen molar-refractivity contribution in [3.05, 3.63) is 63.6 Å². The lowest BCUT2D eigenvalue weighted by Crippen LogP contribution is -2.31. The van der Waals surface area contributed by atoms with Gasteiger partial charge in [0, 0.05) is 10.0 Å². The summed E-state index contributed by atoms with van der Waals surface area (Å²) in [7, 11) is 1.50. The maximum Gasteiger partial charge on any atom is 0.277 e. The maximum absolute atomic E-state index is 12.8. The lowest BCUT2D eigenvalue weighted by Gasteiger charge is -2.15. The van der Waals surface area contributed by atoms with Crippen LogP contribution in [-0.2, 0) is 9.59 Å². The number of halogens is 2. The number of hydrogen-bond donors (Lipinski definition) is 0. The zero-order valence-corrected chi connectivity index (χ0v) is 14.4. The van der Waals surface area contributed by atoms with Gasteiger partial charge in [0.1, 0.15) is 10.8 Å². The van der Waals surface area contributed by atoms with Crippen LogP contribution in [0.4, 0.5) is 5.69 Å². The molecule has 0 aliphatic carbocycles. The summed E-state index contributed by atoms with van der Waals surface area (Å²) in [4.78, 5) is 26.3. The summed E-state index contributed by atoms with van der Waals surface area (Å²) >= 11 is 9.50. The minimum absolute atomic E-state index is 0.112. The number of ether oxygens (including phenoxy) is 1. The van der Waals surface area contributed by atoms with Crippen molar-refractivity contribution in [1.29, 1.82) is 0 Å². The smallest absolute Gasteiger partial charge is 0.277 e. The van der Waals surface area contributed by atoms with E-state index in [0.717, 1.165) is 9.37 Å². The number of carbonyl (C=O) groups is 2. The van der Waals surface area contributed by atoms with Crippen molar-refractivity contribution < 1.29 is 14.3 Å². The predicted molar refractivity (Wildman–Crippen MR) is 92.4 cm³/mol. The average Bonchev–Trinajstić information content (AvgIpc) is 2.77. The SMILES string of the molecule is COc1ccccc1C1=C(Cl)C(=O)N(c2cccc(Br)c2)C1=O. The third-order valence-corrected chi connectivity index (χ3v) is 4.31. The van der Waals surface area contributed by atoms with Gasteiger partial charge in [0.15, 0.2) is 0 Å². The Labute approximate surface area is 146 Å². The number of imide groups is 1. The van der Waals surface area contributed by atoms with E-state index < -0.39 is 11.8 Å². The molecule has 2 amide bonds.